The summed E-state index contributed by atoms with van der Waals surface area (Å²) in [4.78, 5) is 12.3. The third-order valence-corrected chi connectivity index (χ3v) is 3.93. The Morgan fingerprint density at radius 2 is 2.09 bits per heavy atom. The van der Waals surface area contributed by atoms with Gasteiger partial charge in [0.1, 0.15) is 0 Å². The van der Waals surface area contributed by atoms with Gasteiger partial charge in [-0.1, -0.05) is 22.9 Å². The van der Waals surface area contributed by atoms with Gasteiger partial charge < -0.3 is 11.1 Å². The molecule has 0 fully saturated rings. The van der Waals surface area contributed by atoms with E-state index >= 15 is 0 Å². The summed E-state index contributed by atoms with van der Waals surface area (Å²) in [5, 5.41) is 7.27. The lowest BCUT2D eigenvalue weighted by molar-refractivity contribution is 0.0952. The Hall–Kier alpha value is -1.66. The molecule has 0 spiro atoms. The molecule has 0 saturated carbocycles. The lowest BCUT2D eigenvalue weighted by Crippen LogP contribution is -2.29. The van der Waals surface area contributed by atoms with Gasteiger partial charge in [-0.25, -0.2) is 4.68 Å². The lowest BCUT2D eigenvalue weighted by atomic mass is 10.1. The Bertz CT molecular complexity index is 634. The largest absolute Gasteiger partial charge is 0.352 e. The second-order valence-corrected chi connectivity index (χ2v) is 6.18. The van der Waals surface area contributed by atoms with E-state index in [9.17, 15) is 4.79 Å². The number of aromatic nitrogens is 2. The molecule has 1 unspecified atom stereocenters. The number of hydrogen-bond acceptors (Lipinski definition) is 3. The van der Waals surface area contributed by atoms with Crippen LogP contribution >= 0.6 is 15.9 Å². The lowest BCUT2D eigenvalue weighted by Gasteiger charge is -2.09. The van der Waals surface area contributed by atoms with Crippen molar-refractivity contribution < 1.29 is 4.79 Å². The zero-order valence-electron chi connectivity index (χ0n) is 12.8. The van der Waals surface area contributed by atoms with Crippen LogP contribution in [-0.2, 0) is 6.42 Å². The van der Waals surface area contributed by atoms with Crippen LogP contribution in [0.2, 0.25) is 0 Å². The third-order valence-electron chi connectivity index (χ3n) is 3.40. The Morgan fingerprint density at radius 1 is 1.41 bits per heavy atom. The normalized spacial score (nSPS) is 12.2. The molecule has 2 rings (SSSR count). The third kappa shape index (κ3) is 3.96. The number of carbonyl (C=O) groups is 1. The Kier molecular flexibility index (Phi) is 5.74. The predicted octanol–water partition coefficient (Wildman–Crippen LogP) is 2.66. The number of hydrogen-bond donors (Lipinski definition) is 2. The van der Waals surface area contributed by atoms with Crippen LogP contribution in [0, 0.1) is 0 Å². The molecule has 0 aliphatic carbocycles. The van der Waals surface area contributed by atoms with Crippen LogP contribution in [0.4, 0.5) is 0 Å². The number of amides is 1. The van der Waals surface area contributed by atoms with E-state index in [0.29, 0.717) is 12.1 Å². The van der Waals surface area contributed by atoms with E-state index in [1.807, 2.05) is 42.8 Å². The summed E-state index contributed by atoms with van der Waals surface area (Å²) in [7, 11) is 0. The minimum atomic E-state index is -0.0964. The maximum Gasteiger partial charge on any atom is 0.254 e. The molecule has 0 aliphatic rings. The van der Waals surface area contributed by atoms with Gasteiger partial charge in [-0.2, -0.15) is 5.10 Å². The van der Waals surface area contributed by atoms with Crippen LogP contribution in [0.25, 0.3) is 5.69 Å². The van der Waals surface area contributed by atoms with Crippen molar-refractivity contribution in [3.05, 3.63) is 46.2 Å². The average molecular weight is 365 g/mol. The van der Waals surface area contributed by atoms with Gasteiger partial charge in [0, 0.05) is 17.1 Å². The maximum atomic E-state index is 12.3. The van der Waals surface area contributed by atoms with E-state index in [-0.39, 0.29) is 11.9 Å². The molecule has 22 heavy (non-hydrogen) atoms. The zero-order chi connectivity index (χ0) is 16.1. The molecule has 5 nitrogen and oxygen atoms in total. The molecule has 1 amide bonds. The van der Waals surface area contributed by atoms with E-state index in [2.05, 4.69) is 26.3 Å². The van der Waals surface area contributed by atoms with Crippen molar-refractivity contribution in [3.63, 3.8) is 0 Å². The average Bonchev–Trinajstić information content (AvgIpc) is 2.91. The molecule has 0 radical (unpaired) electrons. The number of nitrogens with zero attached hydrogens (tertiary/aromatic N) is 2. The van der Waals surface area contributed by atoms with Crippen molar-refractivity contribution in [2.75, 3.05) is 6.54 Å². The number of rotatable bonds is 6. The number of halogens is 1. The van der Waals surface area contributed by atoms with E-state index in [1.54, 1.807) is 6.20 Å². The summed E-state index contributed by atoms with van der Waals surface area (Å²) in [6, 6.07) is 7.93. The van der Waals surface area contributed by atoms with Gasteiger partial charge in [0.15, 0.2) is 0 Å². The molecular formula is C16H21BrN4O. The minimum absolute atomic E-state index is 0.0800. The van der Waals surface area contributed by atoms with Gasteiger partial charge in [0.25, 0.3) is 5.91 Å². The molecule has 0 aliphatic heterocycles. The number of nitrogens with two attached hydrogens (primary N) is 1. The quantitative estimate of drug-likeness (QED) is 0.827. The first-order valence-electron chi connectivity index (χ1n) is 7.39. The summed E-state index contributed by atoms with van der Waals surface area (Å²) in [5.41, 5.74) is 8.16. The van der Waals surface area contributed by atoms with Crippen LogP contribution in [0.3, 0.4) is 0 Å². The van der Waals surface area contributed by atoms with Gasteiger partial charge in [-0.05, 0) is 44.0 Å². The van der Waals surface area contributed by atoms with Crippen molar-refractivity contribution in [3.8, 4) is 5.69 Å². The van der Waals surface area contributed by atoms with Crippen LogP contribution in [0.5, 0.6) is 0 Å². The van der Waals surface area contributed by atoms with Crippen molar-refractivity contribution in [1.29, 1.82) is 0 Å². The van der Waals surface area contributed by atoms with Crippen LogP contribution in [-0.4, -0.2) is 28.3 Å². The highest BCUT2D eigenvalue weighted by atomic mass is 79.9. The molecular weight excluding hydrogens is 344 g/mol. The summed E-state index contributed by atoms with van der Waals surface area (Å²) >= 11 is 3.42. The topological polar surface area (TPSA) is 72.9 Å². The van der Waals surface area contributed by atoms with Gasteiger partial charge in [-0.3, -0.25) is 4.79 Å². The van der Waals surface area contributed by atoms with Gasteiger partial charge in [0.2, 0.25) is 0 Å². The van der Waals surface area contributed by atoms with Crippen LogP contribution < -0.4 is 11.1 Å². The van der Waals surface area contributed by atoms with Crippen molar-refractivity contribution in [2.24, 2.45) is 5.73 Å². The minimum Gasteiger partial charge on any atom is -0.352 e. The summed E-state index contributed by atoms with van der Waals surface area (Å²) in [6.45, 7) is 4.52. The smallest absolute Gasteiger partial charge is 0.254 e. The molecule has 0 bridgehead atoms. The second kappa shape index (κ2) is 7.56. The fourth-order valence-electron chi connectivity index (χ4n) is 2.22. The summed E-state index contributed by atoms with van der Waals surface area (Å²) in [6.07, 6.45) is 3.11. The monoisotopic (exact) mass is 364 g/mol. The highest BCUT2D eigenvalue weighted by molar-refractivity contribution is 9.10. The first kappa shape index (κ1) is 16.7. The van der Waals surface area contributed by atoms with E-state index in [4.69, 9.17) is 5.73 Å². The second-order valence-electron chi connectivity index (χ2n) is 5.27. The first-order valence-corrected chi connectivity index (χ1v) is 8.18. The highest BCUT2D eigenvalue weighted by Gasteiger charge is 2.16. The molecule has 3 N–H and O–H groups in total. The fraction of sp³-hybridized carbons (Fsp3) is 0.375. The molecule has 0 saturated heterocycles. The van der Waals surface area contributed by atoms with Crippen molar-refractivity contribution in [2.45, 2.75) is 32.7 Å². The molecule has 1 aromatic heterocycles. The maximum absolute atomic E-state index is 12.3. The van der Waals surface area contributed by atoms with E-state index < -0.39 is 0 Å². The van der Waals surface area contributed by atoms with E-state index in [0.717, 1.165) is 28.7 Å². The molecule has 2 aromatic rings. The van der Waals surface area contributed by atoms with Crippen LogP contribution in [0.1, 0.15) is 36.3 Å². The molecule has 1 atom stereocenters. The zero-order valence-corrected chi connectivity index (χ0v) is 14.4. The summed E-state index contributed by atoms with van der Waals surface area (Å²) in [5.74, 6) is -0.0964. The van der Waals surface area contributed by atoms with Crippen LogP contribution in [0.15, 0.2) is 34.9 Å². The number of carbonyl (C=O) groups excluding carboxylic acids is 1. The van der Waals surface area contributed by atoms with Crippen molar-refractivity contribution >= 4 is 21.8 Å². The van der Waals surface area contributed by atoms with E-state index in [1.165, 1.54) is 0 Å². The number of nitrogens with one attached hydrogen (secondary N) is 1. The molecule has 6 heteroatoms. The van der Waals surface area contributed by atoms with Gasteiger partial charge in [0.05, 0.1) is 23.1 Å². The Balaban J connectivity index is 2.20. The first-order chi connectivity index (χ1) is 10.5. The Labute approximate surface area is 139 Å². The number of benzene rings is 1. The highest BCUT2D eigenvalue weighted by Crippen LogP contribution is 2.18. The molecule has 1 aromatic carbocycles. The van der Waals surface area contributed by atoms with Gasteiger partial charge >= 0.3 is 0 Å². The standard InChI is InChI=1S/C16H21BrN4O/c1-3-15-14(16(22)19-9-8-11(2)18)10-20-21(15)13-6-4-12(17)5-7-13/h4-7,10-11H,3,8-9,18H2,1-2H3,(H,19,22). The molecule has 1 heterocycles. The Morgan fingerprint density at radius 3 is 2.68 bits per heavy atom. The van der Waals surface area contributed by atoms with Crippen molar-refractivity contribution in [1.82, 2.24) is 15.1 Å². The van der Waals surface area contributed by atoms with Gasteiger partial charge in [-0.15, -0.1) is 0 Å². The SMILES string of the molecule is CCc1c(C(=O)NCCC(C)N)cnn1-c1ccc(Br)cc1. The fourth-order valence-corrected chi connectivity index (χ4v) is 2.48. The molecule has 118 valence electrons. The summed E-state index contributed by atoms with van der Waals surface area (Å²) < 4.78 is 2.82. The predicted molar refractivity (Wildman–Crippen MR) is 91.2 cm³/mol.